The second-order valence-electron chi connectivity index (χ2n) is 7.14. The highest BCUT2D eigenvalue weighted by Gasteiger charge is 2.09. The molecule has 0 aliphatic heterocycles. The van der Waals surface area contributed by atoms with Gasteiger partial charge in [0.15, 0.2) is 0 Å². The number of halogens is 2. The van der Waals surface area contributed by atoms with Crippen molar-refractivity contribution in [2.75, 3.05) is 13.2 Å². The molecule has 0 saturated heterocycles. The van der Waals surface area contributed by atoms with Crippen LogP contribution in [0, 0.1) is 0 Å². The summed E-state index contributed by atoms with van der Waals surface area (Å²) in [5.74, 6) is 0.328. The van der Waals surface area contributed by atoms with E-state index < -0.39 is 5.91 Å². The van der Waals surface area contributed by atoms with E-state index in [0.29, 0.717) is 46.7 Å². The van der Waals surface area contributed by atoms with Crippen LogP contribution in [0.5, 0.6) is 11.5 Å². The summed E-state index contributed by atoms with van der Waals surface area (Å²) in [5, 5.41) is 0.928. The van der Waals surface area contributed by atoms with Crippen molar-refractivity contribution in [2.45, 2.75) is 19.3 Å². The second kappa shape index (κ2) is 12.7. The highest BCUT2D eigenvalue weighted by molar-refractivity contribution is 6.35. The van der Waals surface area contributed by atoms with E-state index in [9.17, 15) is 9.59 Å². The van der Waals surface area contributed by atoms with Crippen LogP contribution in [0.1, 0.15) is 28.8 Å². The van der Waals surface area contributed by atoms with Crippen LogP contribution in [0.25, 0.3) is 0 Å². The van der Waals surface area contributed by atoms with Crippen molar-refractivity contribution in [2.24, 2.45) is 0 Å². The molecule has 172 valence electrons. The van der Waals surface area contributed by atoms with Crippen molar-refractivity contribution in [3.8, 4) is 11.5 Å². The van der Waals surface area contributed by atoms with Crippen LogP contribution in [-0.2, 0) is 11.2 Å². The number of carbonyl (C=O) groups excluding carboxylic acids is 2. The maximum atomic E-state index is 12.3. The number of rotatable bonds is 10. The summed E-state index contributed by atoms with van der Waals surface area (Å²) < 4.78 is 11.3. The fraction of sp³-hybridized carbons (Fsp3) is 0.200. The van der Waals surface area contributed by atoms with Gasteiger partial charge in [0, 0.05) is 23.4 Å². The molecular weight excluding hydrogens is 463 g/mol. The summed E-state index contributed by atoms with van der Waals surface area (Å²) in [6, 6.07) is 21.7. The largest absolute Gasteiger partial charge is 0.493 e. The first-order valence-electron chi connectivity index (χ1n) is 10.4. The van der Waals surface area contributed by atoms with Crippen LogP contribution < -0.4 is 20.3 Å². The molecule has 33 heavy (non-hydrogen) atoms. The van der Waals surface area contributed by atoms with Crippen molar-refractivity contribution < 1.29 is 19.1 Å². The number of hydrazine groups is 1. The average Bonchev–Trinajstić information content (AvgIpc) is 2.82. The van der Waals surface area contributed by atoms with Crippen molar-refractivity contribution >= 4 is 35.0 Å². The van der Waals surface area contributed by atoms with Crippen LogP contribution in [0.3, 0.4) is 0 Å². The third-order valence-electron chi connectivity index (χ3n) is 4.61. The van der Waals surface area contributed by atoms with Gasteiger partial charge in [-0.15, -0.1) is 0 Å². The highest BCUT2D eigenvalue weighted by atomic mass is 35.5. The normalized spacial score (nSPS) is 10.4. The fourth-order valence-corrected chi connectivity index (χ4v) is 3.39. The molecular formula is C25H24Cl2N2O4. The third-order valence-corrected chi connectivity index (χ3v) is 5.14. The molecule has 3 aromatic rings. The molecule has 0 bridgehead atoms. The summed E-state index contributed by atoms with van der Waals surface area (Å²) in [5.41, 5.74) is 6.37. The van der Waals surface area contributed by atoms with E-state index in [1.807, 2.05) is 30.3 Å². The molecule has 6 nitrogen and oxygen atoms in total. The molecule has 3 aromatic carbocycles. The molecule has 3 rings (SSSR count). The van der Waals surface area contributed by atoms with E-state index in [1.54, 1.807) is 42.5 Å². The molecule has 0 spiro atoms. The Morgan fingerprint density at radius 2 is 1.64 bits per heavy atom. The smallest absolute Gasteiger partial charge is 0.269 e. The van der Waals surface area contributed by atoms with Gasteiger partial charge in [-0.3, -0.25) is 20.4 Å². The van der Waals surface area contributed by atoms with Gasteiger partial charge in [-0.25, -0.2) is 0 Å². The van der Waals surface area contributed by atoms with Crippen molar-refractivity contribution in [1.82, 2.24) is 10.9 Å². The van der Waals surface area contributed by atoms with Crippen LogP contribution >= 0.6 is 23.2 Å². The first-order chi connectivity index (χ1) is 16.0. The molecule has 0 saturated carbocycles. The molecule has 8 heteroatoms. The zero-order valence-corrected chi connectivity index (χ0v) is 19.4. The maximum absolute atomic E-state index is 12.3. The Morgan fingerprint density at radius 1 is 0.818 bits per heavy atom. The Labute approximate surface area is 202 Å². The van der Waals surface area contributed by atoms with Gasteiger partial charge in [-0.2, -0.15) is 0 Å². The Bertz CT molecular complexity index is 1080. The predicted molar refractivity (Wildman–Crippen MR) is 129 cm³/mol. The third kappa shape index (κ3) is 8.33. The summed E-state index contributed by atoms with van der Waals surface area (Å²) in [6.45, 7) is 0.792. The Morgan fingerprint density at radius 3 is 2.42 bits per heavy atom. The lowest BCUT2D eigenvalue weighted by atomic mass is 10.2. The monoisotopic (exact) mass is 486 g/mol. The van der Waals surface area contributed by atoms with Crippen molar-refractivity contribution in [3.05, 3.63) is 94.0 Å². The van der Waals surface area contributed by atoms with Crippen molar-refractivity contribution in [1.29, 1.82) is 0 Å². The van der Waals surface area contributed by atoms with Crippen LogP contribution in [-0.4, -0.2) is 25.0 Å². The summed E-state index contributed by atoms with van der Waals surface area (Å²) >= 11 is 11.9. The van der Waals surface area contributed by atoms with Crippen LogP contribution in [0.4, 0.5) is 0 Å². The van der Waals surface area contributed by atoms with Gasteiger partial charge in [0.1, 0.15) is 11.5 Å². The zero-order chi connectivity index (χ0) is 23.5. The topological polar surface area (TPSA) is 76.7 Å². The molecule has 0 fully saturated rings. The first kappa shape index (κ1) is 24.4. The van der Waals surface area contributed by atoms with Gasteiger partial charge in [0.05, 0.1) is 18.2 Å². The Hall–Kier alpha value is -3.22. The minimum atomic E-state index is -0.430. The highest BCUT2D eigenvalue weighted by Crippen LogP contribution is 2.27. The first-order valence-corrected chi connectivity index (χ1v) is 11.2. The van der Waals surface area contributed by atoms with Gasteiger partial charge in [0.2, 0.25) is 5.91 Å². The molecule has 0 aliphatic rings. The zero-order valence-electron chi connectivity index (χ0n) is 17.9. The van der Waals surface area contributed by atoms with Crippen LogP contribution in [0.15, 0.2) is 72.8 Å². The maximum Gasteiger partial charge on any atom is 0.269 e. The standard InChI is InChI=1S/C25H24Cl2N2O4/c26-20-11-12-23(22(27)17-20)33-14-5-10-24(30)28-29-25(31)19-8-4-9-21(16-19)32-15-13-18-6-2-1-3-7-18/h1-4,6-9,11-12,16-17H,5,10,13-15H2,(H,28,30)(H,29,31). The minimum absolute atomic E-state index is 0.175. The van der Waals surface area contributed by atoms with E-state index in [0.717, 1.165) is 6.42 Å². The van der Waals surface area contributed by atoms with E-state index in [4.69, 9.17) is 32.7 Å². The van der Waals surface area contributed by atoms with Gasteiger partial charge in [-0.1, -0.05) is 59.6 Å². The lowest BCUT2D eigenvalue weighted by Crippen LogP contribution is -2.41. The summed E-state index contributed by atoms with van der Waals surface area (Å²) in [6.07, 6.45) is 1.39. The van der Waals surface area contributed by atoms with Gasteiger partial charge >= 0.3 is 0 Å². The van der Waals surface area contributed by atoms with Crippen molar-refractivity contribution in [3.63, 3.8) is 0 Å². The van der Waals surface area contributed by atoms with E-state index >= 15 is 0 Å². The number of benzene rings is 3. The average molecular weight is 487 g/mol. The van der Waals surface area contributed by atoms with E-state index in [1.165, 1.54) is 5.56 Å². The molecule has 0 radical (unpaired) electrons. The van der Waals surface area contributed by atoms with E-state index in [-0.39, 0.29) is 12.3 Å². The van der Waals surface area contributed by atoms with Gasteiger partial charge in [0.25, 0.3) is 5.91 Å². The molecule has 0 unspecified atom stereocenters. The molecule has 0 aromatic heterocycles. The molecule has 0 aliphatic carbocycles. The fourth-order valence-electron chi connectivity index (χ4n) is 2.93. The number of hydrogen-bond donors (Lipinski definition) is 2. The molecule has 0 heterocycles. The summed E-state index contributed by atoms with van der Waals surface area (Å²) in [7, 11) is 0. The SMILES string of the molecule is O=C(CCCOc1ccc(Cl)cc1Cl)NNC(=O)c1cccc(OCCc2ccccc2)c1. The predicted octanol–water partition coefficient (Wildman–Crippen LogP) is 5.24. The summed E-state index contributed by atoms with van der Waals surface area (Å²) in [4.78, 5) is 24.3. The molecule has 2 amide bonds. The Balaban J connectivity index is 1.36. The lowest BCUT2D eigenvalue weighted by molar-refractivity contribution is -0.122. The number of hydrogen-bond acceptors (Lipinski definition) is 4. The molecule has 2 N–H and O–H groups in total. The number of amides is 2. The Kier molecular flexibility index (Phi) is 9.42. The van der Waals surface area contributed by atoms with Gasteiger partial charge in [-0.05, 0) is 48.4 Å². The van der Waals surface area contributed by atoms with E-state index in [2.05, 4.69) is 10.9 Å². The quantitative estimate of drug-likeness (QED) is 0.303. The number of carbonyl (C=O) groups is 2. The molecule has 0 atom stereocenters. The van der Waals surface area contributed by atoms with Gasteiger partial charge < -0.3 is 9.47 Å². The number of ether oxygens (including phenoxy) is 2. The minimum Gasteiger partial charge on any atom is -0.493 e. The second-order valence-corrected chi connectivity index (χ2v) is 7.98. The lowest BCUT2D eigenvalue weighted by Gasteiger charge is -2.10. The van der Waals surface area contributed by atoms with Crippen LogP contribution in [0.2, 0.25) is 10.0 Å². The number of nitrogens with one attached hydrogen (secondary N) is 2.